The van der Waals surface area contributed by atoms with E-state index in [4.69, 9.17) is 13.9 Å². The molecule has 2 atom stereocenters. The van der Waals surface area contributed by atoms with Gasteiger partial charge in [-0.3, -0.25) is 0 Å². The van der Waals surface area contributed by atoms with Gasteiger partial charge in [0.1, 0.15) is 16.8 Å². The average Bonchev–Trinajstić information content (AvgIpc) is 2.12. The first-order valence-electron chi connectivity index (χ1n) is 4.61. The number of rotatable bonds is 8. The highest BCUT2D eigenvalue weighted by Gasteiger charge is 2.06. The van der Waals surface area contributed by atoms with Gasteiger partial charge in [0.05, 0.1) is 0 Å². The molecule has 0 bridgehead atoms. The standard InChI is InChI=1S/C8H20O3SSi/c1-7(10-8(2)11-13)9-5-3-4-6-12/h7-8,12H,3-6H2,1-2,13H3. The van der Waals surface area contributed by atoms with Gasteiger partial charge in [0.25, 0.3) is 0 Å². The van der Waals surface area contributed by atoms with E-state index in [1.54, 1.807) is 0 Å². The van der Waals surface area contributed by atoms with Crippen molar-refractivity contribution in [3.05, 3.63) is 0 Å². The largest absolute Gasteiger partial charge is 0.404 e. The maximum atomic E-state index is 5.40. The molecule has 80 valence electrons. The van der Waals surface area contributed by atoms with Crippen LogP contribution in [0.5, 0.6) is 0 Å². The van der Waals surface area contributed by atoms with Gasteiger partial charge in [-0.15, -0.1) is 0 Å². The number of thiol groups is 1. The van der Waals surface area contributed by atoms with Gasteiger partial charge in [-0.05, 0) is 32.4 Å². The van der Waals surface area contributed by atoms with E-state index in [2.05, 4.69) is 12.6 Å². The van der Waals surface area contributed by atoms with Crippen LogP contribution in [0, 0.1) is 0 Å². The SMILES string of the molecule is CC(O[SiH3])OC(C)OCCCCS. The third-order valence-corrected chi connectivity index (χ3v) is 2.60. The summed E-state index contributed by atoms with van der Waals surface area (Å²) < 4.78 is 15.8. The molecule has 3 nitrogen and oxygen atoms in total. The molecule has 0 fully saturated rings. The molecule has 0 amide bonds. The Morgan fingerprint density at radius 3 is 2.46 bits per heavy atom. The summed E-state index contributed by atoms with van der Waals surface area (Å²) in [5.74, 6) is 0.915. The molecule has 0 aromatic rings. The van der Waals surface area contributed by atoms with Crippen molar-refractivity contribution in [2.75, 3.05) is 12.4 Å². The van der Waals surface area contributed by atoms with Crippen molar-refractivity contribution < 1.29 is 13.9 Å². The fraction of sp³-hybridized carbons (Fsp3) is 1.00. The number of hydrogen-bond donors (Lipinski definition) is 1. The van der Waals surface area contributed by atoms with E-state index in [1.807, 2.05) is 13.8 Å². The van der Waals surface area contributed by atoms with Gasteiger partial charge < -0.3 is 13.9 Å². The summed E-state index contributed by atoms with van der Waals surface area (Å²) >= 11 is 4.11. The topological polar surface area (TPSA) is 27.7 Å². The average molecular weight is 224 g/mol. The second-order valence-electron chi connectivity index (χ2n) is 2.81. The first-order chi connectivity index (χ1) is 6.20. The lowest BCUT2D eigenvalue weighted by Crippen LogP contribution is -2.21. The molecule has 0 radical (unpaired) electrons. The lowest BCUT2D eigenvalue weighted by molar-refractivity contribution is -0.203. The molecule has 0 rings (SSSR count). The van der Waals surface area contributed by atoms with Crippen LogP contribution >= 0.6 is 12.6 Å². The fourth-order valence-electron chi connectivity index (χ4n) is 0.828. The predicted molar refractivity (Wildman–Crippen MR) is 60.1 cm³/mol. The van der Waals surface area contributed by atoms with Crippen LogP contribution in [0.4, 0.5) is 0 Å². The van der Waals surface area contributed by atoms with Crippen LogP contribution in [-0.4, -0.2) is 35.4 Å². The maximum Gasteiger partial charge on any atom is 0.157 e. The summed E-state index contributed by atoms with van der Waals surface area (Å²) in [5.41, 5.74) is 0. The number of ether oxygens (including phenoxy) is 2. The summed E-state index contributed by atoms with van der Waals surface area (Å²) in [6.45, 7) is 4.49. The smallest absolute Gasteiger partial charge is 0.157 e. The summed E-state index contributed by atoms with van der Waals surface area (Å²) in [7, 11) is 0.694. The summed E-state index contributed by atoms with van der Waals surface area (Å²) in [5, 5.41) is 0. The van der Waals surface area contributed by atoms with Gasteiger partial charge in [0.2, 0.25) is 0 Å². The fourth-order valence-corrected chi connectivity index (χ4v) is 1.16. The van der Waals surface area contributed by atoms with Gasteiger partial charge in [-0.25, -0.2) is 0 Å². The summed E-state index contributed by atoms with van der Waals surface area (Å²) in [4.78, 5) is 0. The molecular formula is C8H20O3SSi. The van der Waals surface area contributed by atoms with Gasteiger partial charge >= 0.3 is 0 Å². The van der Waals surface area contributed by atoms with E-state index in [1.165, 1.54) is 0 Å². The number of hydrogen-bond acceptors (Lipinski definition) is 4. The van der Waals surface area contributed by atoms with Crippen LogP contribution in [0.15, 0.2) is 0 Å². The molecule has 2 unspecified atom stereocenters. The molecule has 0 aliphatic heterocycles. The third kappa shape index (κ3) is 8.77. The van der Waals surface area contributed by atoms with Crippen molar-refractivity contribution in [2.45, 2.75) is 39.3 Å². The minimum absolute atomic E-state index is 0.147. The Kier molecular flexibility index (Phi) is 9.33. The second-order valence-corrected chi connectivity index (χ2v) is 3.73. The first kappa shape index (κ1) is 13.4. The molecule has 0 heterocycles. The van der Waals surface area contributed by atoms with Crippen LogP contribution in [0.3, 0.4) is 0 Å². The molecule has 0 aliphatic carbocycles. The van der Waals surface area contributed by atoms with Crippen molar-refractivity contribution >= 4 is 23.1 Å². The molecule has 0 saturated carbocycles. The number of unbranched alkanes of at least 4 members (excludes halogenated alkanes) is 1. The second kappa shape index (κ2) is 9.02. The molecule has 13 heavy (non-hydrogen) atoms. The maximum absolute atomic E-state index is 5.40. The Bertz CT molecular complexity index is 116. The molecule has 0 saturated heterocycles. The van der Waals surface area contributed by atoms with Crippen molar-refractivity contribution in [3.8, 4) is 0 Å². The minimum atomic E-state index is -0.177. The van der Waals surface area contributed by atoms with Gasteiger partial charge in [0, 0.05) is 6.61 Å². The van der Waals surface area contributed by atoms with Gasteiger partial charge in [-0.1, -0.05) is 0 Å². The van der Waals surface area contributed by atoms with Crippen molar-refractivity contribution in [2.24, 2.45) is 0 Å². The minimum Gasteiger partial charge on any atom is -0.404 e. The van der Waals surface area contributed by atoms with Gasteiger partial charge in [-0.2, -0.15) is 12.6 Å². The van der Waals surface area contributed by atoms with Crippen LogP contribution in [0.25, 0.3) is 0 Å². The lowest BCUT2D eigenvalue weighted by atomic mass is 10.4. The molecule has 0 aliphatic rings. The van der Waals surface area contributed by atoms with Crippen molar-refractivity contribution in [1.82, 2.24) is 0 Å². The first-order valence-corrected chi connectivity index (χ1v) is 6.06. The van der Waals surface area contributed by atoms with Crippen LogP contribution in [-0.2, 0) is 13.9 Å². The highest BCUT2D eigenvalue weighted by Crippen LogP contribution is 2.01. The van der Waals surface area contributed by atoms with E-state index in [9.17, 15) is 0 Å². The molecule has 0 aromatic heterocycles. The Morgan fingerprint density at radius 1 is 1.23 bits per heavy atom. The zero-order chi connectivity index (χ0) is 10.1. The Morgan fingerprint density at radius 2 is 1.92 bits per heavy atom. The highest BCUT2D eigenvalue weighted by molar-refractivity contribution is 7.80. The molecular weight excluding hydrogens is 204 g/mol. The van der Waals surface area contributed by atoms with E-state index < -0.39 is 0 Å². The Balaban J connectivity index is 3.24. The zero-order valence-corrected chi connectivity index (χ0v) is 11.5. The summed E-state index contributed by atoms with van der Waals surface area (Å²) in [6, 6.07) is 0. The van der Waals surface area contributed by atoms with E-state index in [0.717, 1.165) is 25.2 Å². The molecule has 5 heteroatoms. The lowest BCUT2D eigenvalue weighted by Gasteiger charge is -2.18. The zero-order valence-electron chi connectivity index (χ0n) is 8.66. The van der Waals surface area contributed by atoms with E-state index in [-0.39, 0.29) is 12.6 Å². The quantitative estimate of drug-likeness (QED) is 0.285. The van der Waals surface area contributed by atoms with Crippen molar-refractivity contribution in [3.63, 3.8) is 0 Å². The Hall–Kier alpha value is 0.447. The van der Waals surface area contributed by atoms with E-state index in [0.29, 0.717) is 10.5 Å². The normalized spacial score (nSPS) is 15.9. The van der Waals surface area contributed by atoms with Gasteiger partial charge in [0.15, 0.2) is 6.29 Å². The highest BCUT2D eigenvalue weighted by atomic mass is 32.1. The third-order valence-electron chi connectivity index (χ3n) is 1.62. The monoisotopic (exact) mass is 224 g/mol. The van der Waals surface area contributed by atoms with Crippen molar-refractivity contribution in [1.29, 1.82) is 0 Å². The Labute approximate surface area is 89.1 Å². The molecule has 0 N–H and O–H groups in total. The van der Waals surface area contributed by atoms with E-state index >= 15 is 0 Å². The predicted octanol–water partition coefficient (Wildman–Crippen LogP) is 0.719. The molecule has 0 spiro atoms. The van der Waals surface area contributed by atoms with Crippen LogP contribution in [0.2, 0.25) is 0 Å². The van der Waals surface area contributed by atoms with Crippen LogP contribution < -0.4 is 0 Å². The summed E-state index contributed by atoms with van der Waals surface area (Å²) in [6.07, 6.45) is 1.80. The van der Waals surface area contributed by atoms with Crippen LogP contribution in [0.1, 0.15) is 26.7 Å². The molecule has 0 aromatic carbocycles.